The fourth-order valence-corrected chi connectivity index (χ4v) is 3.63. The molecule has 0 saturated carbocycles. The van der Waals surface area contributed by atoms with Crippen molar-refractivity contribution >= 4 is 11.9 Å². The summed E-state index contributed by atoms with van der Waals surface area (Å²) in [5, 5.41) is 10.9. The van der Waals surface area contributed by atoms with Crippen molar-refractivity contribution in [2.24, 2.45) is 5.92 Å². The quantitative estimate of drug-likeness (QED) is 0.792. The van der Waals surface area contributed by atoms with Crippen LogP contribution < -0.4 is 0 Å². The number of likely N-dealkylation sites (tertiary alicyclic amines) is 2. The van der Waals surface area contributed by atoms with Crippen LogP contribution in [0, 0.1) is 12.8 Å². The summed E-state index contributed by atoms with van der Waals surface area (Å²) in [5.74, 6) is 0.349. The van der Waals surface area contributed by atoms with E-state index in [1.165, 1.54) is 12.4 Å². The number of hydrogen-bond donors (Lipinski definition) is 1. The Hall–Kier alpha value is -2.22. The van der Waals surface area contributed by atoms with Crippen molar-refractivity contribution in [1.82, 2.24) is 24.7 Å². The summed E-state index contributed by atoms with van der Waals surface area (Å²) in [7, 11) is 3.44. The minimum atomic E-state index is -0.802. The zero-order valence-corrected chi connectivity index (χ0v) is 15.0. The average molecular weight is 347 g/mol. The van der Waals surface area contributed by atoms with E-state index >= 15 is 0 Å². The Morgan fingerprint density at radius 2 is 1.72 bits per heavy atom. The van der Waals surface area contributed by atoms with Gasteiger partial charge in [0, 0.05) is 58.6 Å². The first-order valence-corrected chi connectivity index (χ1v) is 8.57. The van der Waals surface area contributed by atoms with Gasteiger partial charge in [0.15, 0.2) is 0 Å². The third-order valence-electron chi connectivity index (χ3n) is 5.24. The highest BCUT2D eigenvalue weighted by Crippen LogP contribution is 2.36. The fraction of sp³-hybridized carbons (Fsp3) is 0.647. The van der Waals surface area contributed by atoms with Gasteiger partial charge in [-0.1, -0.05) is 0 Å². The lowest BCUT2D eigenvalue weighted by atomic mass is 9.75. The second-order valence-corrected chi connectivity index (χ2v) is 7.19. The molecule has 2 atom stereocenters. The van der Waals surface area contributed by atoms with Gasteiger partial charge in [-0.2, -0.15) is 0 Å². The summed E-state index contributed by atoms with van der Waals surface area (Å²) in [6, 6.07) is -0.0579. The third kappa shape index (κ3) is 3.44. The number of rotatable bonds is 1. The van der Waals surface area contributed by atoms with Crippen LogP contribution in [0.4, 0.5) is 4.79 Å². The zero-order valence-electron chi connectivity index (χ0n) is 15.0. The van der Waals surface area contributed by atoms with Gasteiger partial charge in [-0.15, -0.1) is 0 Å². The van der Waals surface area contributed by atoms with Crippen LogP contribution in [0.15, 0.2) is 12.4 Å². The molecule has 1 aromatic rings. The van der Waals surface area contributed by atoms with Crippen molar-refractivity contribution in [1.29, 1.82) is 0 Å². The molecular formula is C17H25N5O3. The highest BCUT2D eigenvalue weighted by molar-refractivity contribution is 5.93. The van der Waals surface area contributed by atoms with Gasteiger partial charge in [0.05, 0.1) is 11.2 Å². The Kier molecular flexibility index (Phi) is 4.64. The van der Waals surface area contributed by atoms with Crippen LogP contribution in [0.5, 0.6) is 0 Å². The summed E-state index contributed by atoms with van der Waals surface area (Å²) in [6.07, 6.45) is 4.15. The second kappa shape index (κ2) is 6.59. The monoisotopic (exact) mass is 347 g/mol. The van der Waals surface area contributed by atoms with E-state index in [2.05, 4.69) is 9.97 Å². The van der Waals surface area contributed by atoms with E-state index in [9.17, 15) is 14.7 Å². The number of aryl methyl sites for hydroxylation is 1. The molecule has 2 aliphatic rings. The van der Waals surface area contributed by atoms with Gasteiger partial charge in [-0.25, -0.2) is 14.8 Å². The highest BCUT2D eigenvalue weighted by Gasteiger charge is 2.47. The van der Waals surface area contributed by atoms with Crippen molar-refractivity contribution in [2.75, 3.05) is 40.3 Å². The van der Waals surface area contributed by atoms with Gasteiger partial charge in [0.2, 0.25) is 0 Å². The Balaban J connectivity index is 1.72. The summed E-state index contributed by atoms with van der Waals surface area (Å²) in [6.45, 7) is 3.71. The van der Waals surface area contributed by atoms with Crippen molar-refractivity contribution in [3.05, 3.63) is 23.8 Å². The van der Waals surface area contributed by atoms with Crippen molar-refractivity contribution < 1.29 is 14.7 Å². The molecule has 2 saturated heterocycles. The van der Waals surface area contributed by atoms with Crippen LogP contribution in [-0.2, 0) is 0 Å². The maximum absolute atomic E-state index is 12.7. The molecule has 0 aromatic carbocycles. The lowest BCUT2D eigenvalue weighted by Crippen LogP contribution is -2.62. The molecule has 3 heterocycles. The Labute approximate surface area is 147 Å². The minimum absolute atomic E-state index is 0.0579. The number of aromatic nitrogens is 2. The average Bonchev–Trinajstić information content (AvgIpc) is 2.60. The molecule has 0 radical (unpaired) electrons. The first-order valence-electron chi connectivity index (χ1n) is 8.57. The first-order chi connectivity index (χ1) is 11.8. The SMILES string of the molecule is Cc1ncc(C(=O)N2CC[C@@]3(O)CCN(C(=O)N(C)C)C[C@H]3C2)cn1. The number of hydrogen-bond acceptors (Lipinski definition) is 5. The van der Waals surface area contributed by atoms with Crippen LogP contribution in [-0.4, -0.2) is 87.6 Å². The molecule has 0 bridgehead atoms. The van der Waals surface area contributed by atoms with E-state index in [1.807, 2.05) is 0 Å². The fourth-order valence-electron chi connectivity index (χ4n) is 3.63. The van der Waals surface area contributed by atoms with Gasteiger partial charge >= 0.3 is 6.03 Å². The summed E-state index contributed by atoms with van der Waals surface area (Å²) in [5.41, 5.74) is -0.350. The Morgan fingerprint density at radius 1 is 1.16 bits per heavy atom. The van der Waals surface area contributed by atoms with E-state index in [1.54, 1.807) is 35.7 Å². The molecule has 136 valence electrons. The molecule has 1 N–H and O–H groups in total. The van der Waals surface area contributed by atoms with E-state index in [0.717, 1.165) is 0 Å². The van der Waals surface area contributed by atoms with Crippen molar-refractivity contribution in [3.8, 4) is 0 Å². The number of carbonyl (C=O) groups is 2. The summed E-state index contributed by atoms with van der Waals surface area (Å²) >= 11 is 0. The minimum Gasteiger partial charge on any atom is -0.389 e. The van der Waals surface area contributed by atoms with E-state index in [0.29, 0.717) is 50.4 Å². The summed E-state index contributed by atoms with van der Waals surface area (Å²) < 4.78 is 0. The molecule has 8 nitrogen and oxygen atoms in total. The van der Waals surface area contributed by atoms with Crippen LogP contribution in [0.1, 0.15) is 29.0 Å². The topological polar surface area (TPSA) is 89.9 Å². The van der Waals surface area contributed by atoms with Crippen molar-refractivity contribution in [2.45, 2.75) is 25.4 Å². The molecule has 2 fully saturated rings. The number of piperidine rings is 2. The number of aliphatic hydroxyl groups is 1. The molecule has 8 heteroatoms. The first kappa shape index (κ1) is 17.6. The van der Waals surface area contributed by atoms with Crippen LogP contribution >= 0.6 is 0 Å². The van der Waals surface area contributed by atoms with E-state index in [-0.39, 0.29) is 17.9 Å². The molecule has 0 spiro atoms. The van der Waals surface area contributed by atoms with E-state index < -0.39 is 5.60 Å². The normalized spacial score (nSPS) is 26.2. The third-order valence-corrected chi connectivity index (χ3v) is 5.24. The lowest BCUT2D eigenvalue weighted by Gasteiger charge is -2.50. The Bertz CT molecular complexity index is 663. The van der Waals surface area contributed by atoms with Gasteiger partial charge in [-0.05, 0) is 19.8 Å². The molecule has 3 amide bonds. The molecule has 1 aromatic heterocycles. The number of nitrogens with zero attached hydrogens (tertiary/aromatic N) is 5. The largest absolute Gasteiger partial charge is 0.389 e. The lowest BCUT2D eigenvalue weighted by molar-refractivity contribution is -0.100. The van der Waals surface area contributed by atoms with Crippen LogP contribution in [0.3, 0.4) is 0 Å². The van der Waals surface area contributed by atoms with E-state index in [4.69, 9.17) is 0 Å². The molecule has 2 aliphatic heterocycles. The van der Waals surface area contributed by atoms with Crippen molar-refractivity contribution in [3.63, 3.8) is 0 Å². The maximum Gasteiger partial charge on any atom is 0.319 e. The van der Waals surface area contributed by atoms with Gasteiger partial charge in [0.25, 0.3) is 5.91 Å². The van der Waals surface area contributed by atoms with Gasteiger partial charge < -0.3 is 19.8 Å². The molecule has 0 aliphatic carbocycles. The second-order valence-electron chi connectivity index (χ2n) is 7.19. The predicted molar refractivity (Wildman–Crippen MR) is 91.0 cm³/mol. The van der Waals surface area contributed by atoms with Gasteiger partial charge in [-0.3, -0.25) is 4.79 Å². The maximum atomic E-state index is 12.7. The smallest absolute Gasteiger partial charge is 0.319 e. The number of amides is 3. The number of fused-ring (bicyclic) bond motifs is 1. The van der Waals surface area contributed by atoms with Crippen LogP contribution in [0.25, 0.3) is 0 Å². The number of carbonyl (C=O) groups excluding carboxylic acids is 2. The predicted octanol–water partition coefficient (Wildman–Crippen LogP) is 0.366. The summed E-state index contributed by atoms with van der Waals surface area (Å²) in [4.78, 5) is 38.1. The highest BCUT2D eigenvalue weighted by atomic mass is 16.3. The molecule has 0 unspecified atom stereocenters. The Morgan fingerprint density at radius 3 is 2.32 bits per heavy atom. The van der Waals surface area contributed by atoms with Gasteiger partial charge in [0.1, 0.15) is 5.82 Å². The molecular weight excluding hydrogens is 322 g/mol. The number of urea groups is 1. The zero-order chi connectivity index (χ0) is 18.2. The van der Waals surface area contributed by atoms with Crippen LogP contribution in [0.2, 0.25) is 0 Å². The standard InChI is InChI=1S/C17H25N5O3/c1-12-18-8-13(9-19-12)15(23)21-6-4-17(25)5-7-22(11-14(17)10-21)16(24)20(2)3/h8-9,14,25H,4-7,10-11H2,1-3H3/t14-,17-/m1/s1. The molecule has 25 heavy (non-hydrogen) atoms. The molecule has 3 rings (SSSR count).